The van der Waals surface area contributed by atoms with E-state index in [-0.39, 0.29) is 0 Å². The van der Waals surface area contributed by atoms with Crippen molar-refractivity contribution in [2.75, 3.05) is 25.0 Å². The molecule has 0 spiro atoms. The molecular formula is C14H23N3. The largest absolute Gasteiger partial charge is 0.353 e. The zero-order valence-electron chi connectivity index (χ0n) is 11.2. The van der Waals surface area contributed by atoms with E-state index in [0.717, 1.165) is 37.6 Å². The van der Waals surface area contributed by atoms with Crippen molar-refractivity contribution in [1.82, 2.24) is 10.3 Å². The molecule has 0 fully saturated rings. The Kier molecular flexibility index (Phi) is 5.70. The summed E-state index contributed by atoms with van der Waals surface area (Å²) < 4.78 is 0. The minimum absolute atomic E-state index is 0.850. The Morgan fingerprint density at radius 3 is 2.82 bits per heavy atom. The summed E-state index contributed by atoms with van der Waals surface area (Å²) in [7, 11) is 1.96. The summed E-state index contributed by atoms with van der Waals surface area (Å²) in [5.74, 6) is 1.05. The van der Waals surface area contributed by atoms with E-state index in [9.17, 15) is 0 Å². The van der Waals surface area contributed by atoms with Crippen LogP contribution in [0.4, 0.5) is 5.82 Å². The zero-order chi connectivity index (χ0) is 12.7. The second-order valence-corrected chi connectivity index (χ2v) is 4.24. The van der Waals surface area contributed by atoms with Crippen LogP contribution in [0.5, 0.6) is 0 Å². The van der Waals surface area contributed by atoms with Crippen LogP contribution in [0, 0.1) is 6.92 Å². The zero-order valence-corrected chi connectivity index (χ0v) is 11.2. The summed E-state index contributed by atoms with van der Waals surface area (Å²) in [4.78, 5) is 6.87. The minimum atomic E-state index is 0.850. The second-order valence-electron chi connectivity index (χ2n) is 4.24. The molecule has 0 bridgehead atoms. The first kappa shape index (κ1) is 13.7. The van der Waals surface area contributed by atoms with Crippen LogP contribution in [0.1, 0.15) is 24.6 Å². The van der Waals surface area contributed by atoms with Gasteiger partial charge in [0, 0.05) is 25.3 Å². The van der Waals surface area contributed by atoms with Crippen molar-refractivity contribution < 1.29 is 0 Å². The molecule has 17 heavy (non-hydrogen) atoms. The lowest BCUT2D eigenvalue weighted by Crippen LogP contribution is -2.25. The molecule has 1 N–H and O–H groups in total. The van der Waals surface area contributed by atoms with E-state index >= 15 is 0 Å². The molecular weight excluding hydrogens is 210 g/mol. The number of nitrogens with one attached hydrogen (secondary N) is 1. The molecule has 1 rings (SSSR count). The van der Waals surface area contributed by atoms with Crippen molar-refractivity contribution in [2.45, 2.75) is 26.8 Å². The molecule has 1 aromatic rings. The first-order chi connectivity index (χ1) is 8.21. The van der Waals surface area contributed by atoms with Crippen molar-refractivity contribution in [3.05, 3.63) is 36.0 Å². The molecule has 0 atom stereocenters. The number of hydrogen-bond acceptors (Lipinski definition) is 3. The molecule has 0 radical (unpaired) electrons. The van der Waals surface area contributed by atoms with Crippen LogP contribution < -0.4 is 10.2 Å². The van der Waals surface area contributed by atoms with E-state index < -0.39 is 0 Å². The molecule has 0 aliphatic rings. The number of pyridine rings is 1. The number of aromatic nitrogens is 1. The Morgan fingerprint density at radius 1 is 1.47 bits per heavy atom. The van der Waals surface area contributed by atoms with Crippen LogP contribution in [-0.2, 0) is 6.54 Å². The summed E-state index contributed by atoms with van der Waals surface area (Å²) in [6.45, 7) is 10.8. The fourth-order valence-corrected chi connectivity index (χ4v) is 1.91. The highest BCUT2D eigenvalue weighted by atomic mass is 15.2. The molecule has 1 aromatic heterocycles. The molecule has 0 saturated heterocycles. The van der Waals surface area contributed by atoms with Crippen LogP contribution >= 0.6 is 0 Å². The molecule has 0 amide bonds. The van der Waals surface area contributed by atoms with Crippen molar-refractivity contribution >= 4 is 5.82 Å². The molecule has 3 heteroatoms. The fourth-order valence-electron chi connectivity index (χ4n) is 1.91. The number of rotatable bonds is 7. The predicted octanol–water partition coefficient (Wildman–Crippen LogP) is 2.51. The lowest BCUT2D eigenvalue weighted by molar-refractivity contribution is 0.786. The Bertz CT molecular complexity index is 360. The molecule has 3 nitrogen and oxygen atoms in total. The van der Waals surface area contributed by atoms with E-state index in [0.29, 0.717) is 0 Å². The van der Waals surface area contributed by atoms with Crippen LogP contribution in [-0.4, -0.2) is 25.1 Å². The summed E-state index contributed by atoms with van der Waals surface area (Å²) in [5, 5.41) is 3.17. The van der Waals surface area contributed by atoms with Gasteiger partial charge in [-0.25, -0.2) is 4.98 Å². The Labute approximate surface area is 105 Å². The van der Waals surface area contributed by atoms with E-state index in [1.807, 2.05) is 20.0 Å². The molecule has 0 aliphatic heterocycles. The van der Waals surface area contributed by atoms with Crippen molar-refractivity contribution in [2.24, 2.45) is 0 Å². The number of aryl methyl sites for hydroxylation is 1. The number of anilines is 1. The van der Waals surface area contributed by atoms with Crippen molar-refractivity contribution in [3.63, 3.8) is 0 Å². The average molecular weight is 233 g/mol. The van der Waals surface area contributed by atoms with Gasteiger partial charge in [0.25, 0.3) is 0 Å². The van der Waals surface area contributed by atoms with Crippen LogP contribution in [0.25, 0.3) is 0 Å². The van der Waals surface area contributed by atoms with E-state index in [1.54, 1.807) is 0 Å². The quantitative estimate of drug-likeness (QED) is 0.733. The normalized spacial score (nSPS) is 10.3. The highest BCUT2D eigenvalue weighted by Gasteiger charge is 2.07. The van der Waals surface area contributed by atoms with Gasteiger partial charge in [0.1, 0.15) is 5.82 Å². The summed E-state index contributed by atoms with van der Waals surface area (Å²) in [6, 6.07) is 4.28. The molecule has 1 heterocycles. The minimum Gasteiger partial charge on any atom is -0.353 e. The van der Waals surface area contributed by atoms with E-state index in [2.05, 4.69) is 40.8 Å². The lowest BCUT2D eigenvalue weighted by Gasteiger charge is -2.22. The highest BCUT2D eigenvalue weighted by Crippen LogP contribution is 2.15. The standard InChI is InChI=1S/C14H23N3/c1-5-7-17(8-6-2)14-10-13(11-15-4)9-12(3)16-14/h5,9-10,15H,1,6-8,11H2,2-4H3. The van der Waals surface area contributed by atoms with Crippen LogP contribution in [0.15, 0.2) is 24.8 Å². The molecule has 0 aliphatic carbocycles. The highest BCUT2D eigenvalue weighted by molar-refractivity contribution is 5.43. The summed E-state index contributed by atoms with van der Waals surface area (Å²) in [6.07, 6.45) is 3.04. The third kappa shape index (κ3) is 4.19. The topological polar surface area (TPSA) is 28.2 Å². The molecule has 0 saturated carbocycles. The summed E-state index contributed by atoms with van der Waals surface area (Å²) in [5.41, 5.74) is 2.35. The van der Waals surface area contributed by atoms with Gasteiger partial charge in [-0.3, -0.25) is 0 Å². The van der Waals surface area contributed by atoms with Gasteiger partial charge >= 0.3 is 0 Å². The summed E-state index contributed by atoms with van der Waals surface area (Å²) >= 11 is 0. The van der Waals surface area contributed by atoms with E-state index in [4.69, 9.17) is 0 Å². The maximum Gasteiger partial charge on any atom is 0.129 e. The Balaban J connectivity index is 2.95. The third-order valence-corrected chi connectivity index (χ3v) is 2.55. The van der Waals surface area contributed by atoms with Gasteiger partial charge in [0.15, 0.2) is 0 Å². The van der Waals surface area contributed by atoms with E-state index in [1.165, 1.54) is 5.56 Å². The number of nitrogens with zero attached hydrogens (tertiary/aromatic N) is 2. The second kappa shape index (κ2) is 7.07. The smallest absolute Gasteiger partial charge is 0.129 e. The molecule has 94 valence electrons. The maximum absolute atomic E-state index is 4.60. The molecule has 0 aromatic carbocycles. The van der Waals surface area contributed by atoms with Crippen molar-refractivity contribution in [3.8, 4) is 0 Å². The van der Waals surface area contributed by atoms with Gasteiger partial charge in [-0.2, -0.15) is 0 Å². The van der Waals surface area contributed by atoms with Gasteiger partial charge in [0.05, 0.1) is 0 Å². The van der Waals surface area contributed by atoms with Gasteiger partial charge < -0.3 is 10.2 Å². The number of hydrogen-bond donors (Lipinski definition) is 1. The lowest BCUT2D eigenvalue weighted by atomic mass is 10.2. The van der Waals surface area contributed by atoms with Crippen molar-refractivity contribution in [1.29, 1.82) is 0 Å². The Morgan fingerprint density at radius 2 is 2.24 bits per heavy atom. The first-order valence-corrected chi connectivity index (χ1v) is 6.19. The molecule has 0 unspecified atom stereocenters. The predicted molar refractivity (Wildman–Crippen MR) is 74.4 cm³/mol. The van der Waals surface area contributed by atoms with Gasteiger partial charge in [-0.05, 0) is 38.1 Å². The third-order valence-electron chi connectivity index (χ3n) is 2.55. The average Bonchev–Trinajstić information content (AvgIpc) is 2.28. The Hall–Kier alpha value is -1.35. The van der Waals surface area contributed by atoms with Gasteiger partial charge in [-0.15, -0.1) is 6.58 Å². The maximum atomic E-state index is 4.60. The van der Waals surface area contributed by atoms with Crippen LogP contribution in [0.2, 0.25) is 0 Å². The fraction of sp³-hybridized carbons (Fsp3) is 0.500. The van der Waals surface area contributed by atoms with Gasteiger partial charge in [-0.1, -0.05) is 13.0 Å². The SMILES string of the molecule is C=CCN(CCC)c1cc(CNC)cc(C)n1. The first-order valence-electron chi connectivity index (χ1n) is 6.19. The van der Waals surface area contributed by atoms with Crippen LogP contribution in [0.3, 0.4) is 0 Å². The van der Waals surface area contributed by atoms with Gasteiger partial charge in [0.2, 0.25) is 0 Å². The monoisotopic (exact) mass is 233 g/mol.